The fourth-order valence-electron chi connectivity index (χ4n) is 5.58. The molecule has 2 saturated heterocycles. The van der Waals surface area contributed by atoms with E-state index in [1.54, 1.807) is 12.1 Å². The molecule has 1 N–H and O–H groups in total. The number of hydrogen-bond acceptors (Lipinski definition) is 6. The van der Waals surface area contributed by atoms with Gasteiger partial charge in [-0.2, -0.15) is 5.26 Å². The normalized spacial score (nSPS) is 22.7. The van der Waals surface area contributed by atoms with Gasteiger partial charge < -0.3 is 10.1 Å². The van der Waals surface area contributed by atoms with Crippen LogP contribution in [0, 0.1) is 28.5 Å². The molecule has 2 aromatic rings. The summed E-state index contributed by atoms with van der Waals surface area (Å²) in [5.41, 5.74) is 4.31. The first-order valence-electron chi connectivity index (χ1n) is 14.3. The number of anilines is 1. The fourth-order valence-corrected chi connectivity index (χ4v) is 6.66. The van der Waals surface area contributed by atoms with Crippen molar-refractivity contribution in [3.8, 4) is 6.07 Å². The number of nitriles is 1. The van der Waals surface area contributed by atoms with E-state index in [9.17, 15) is 4.39 Å². The van der Waals surface area contributed by atoms with Crippen LogP contribution in [0.4, 0.5) is 10.1 Å². The van der Waals surface area contributed by atoms with Gasteiger partial charge >= 0.3 is 0 Å². The smallest absolute Gasteiger partial charge is 0.123 e. The van der Waals surface area contributed by atoms with E-state index >= 15 is 0 Å². The van der Waals surface area contributed by atoms with Crippen LogP contribution in [0.2, 0.25) is 0 Å². The quantitative estimate of drug-likeness (QED) is 0.324. The number of benzene rings is 2. The van der Waals surface area contributed by atoms with Crippen LogP contribution in [0.1, 0.15) is 59.4 Å². The summed E-state index contributed by atoms with van der Waals surface area (Å²) in [6, 6.07) is 16.7. The number of ether oxygens (including phenoxy) is 1. The summed E-state index contributed by atoms with van der Waals surface area (Å²) >= 11 is 1.81. The Morgan fingerprint density at radius 1 is 1.10 bits per heavy atom. The Hall–Kier alpha value is -2.37. The summed E-state index contributed by atoms with van der Waals surface area (Å²) in [5.74, 6) is 0.358. The molecule has 2 unspecified atom stereocenters. The van der Waals surface area contributed by atoms with Gasteiger partial charge in [0.05, 0.1) is 24.8 Å². The Labute approximate surface area is 239 Å². The molecule has 2 aromatic carbocycles. The number of rotatable bonds is 9. The molecule has 212 valence electrons. The van der Waals surface area contributed by atoms with E-state index in [-0.39, 0.29) is 11.2 Å². The molecule has 5 nitrogen and oxygen atoms in total. The highest BCUT2D eigenvalue weighted by Crippen LogP contribution is 2.45. The lowest BCUT2D eigenvalue weighted by atomic mass is 9.68. The maximum Gasteiger partial charge on any atom is 0.123 e. The molecule has 7 heteroatoms. The van der Waals surface area contributed by atoms with Crippen LogP contribution in [0.15, 0.2) is 64.7 Å². The van der Waals surface area contributed by atoms with E-state index in [4.69, 9.17) is 10.00 Å². The van der Waals surface area contributed by atoms with Crippen LogP contribution >= 0.6 is 11.9 Å². The maximum atomic E-state index is 13.4. The third-order valence-corrected chi connectivity index (χ3v) is 8.89. The largest absolute Gasteiger partial charge is 0.379 e. The number of hydrogen-bond donors (Lipinski definition) is 1. The van der Waals surface area contributed by atoms with Crippen molar-refractivity contribution in [2.24, 2.45) is 11.3 Å². The second-order valence-electron chi connectivity index (χ2n) is 10.5. The number of halogens is 1. The van der Waals surface area contributed by atoms with Gasteiger partial charge in [0.2, 0.25) is 0 Å². The molecule has 0 saturated carbocycles. The van der Waals surface area contributed by atoms with Crippen molar-refractivity contribution in [1.82, 2.24) is 9.21 Å². The van der Waals surface area contributed by atoms with Crippen LogP contribution in [-0.4, -0.2) is 55.1 Å². The summed E-state index contributed by atoms with van der Waals surface area (Å²) in [6.07, 6.45) is 3.05. The van der Waals surface area contributed by atoms with Crippen LogP contribution in [-0.2, 0) is 4.74 Å². The second kappa shape index (κ2) is 15.4. The first-order valence-corrected chi connectivity index (χ1v) is 15.1. The predicted molar refractivity (Wildman–Crippen MR) is 161 cm³/mol. The third-order valence-electron chi connectivity index (χ3n) is 7.83. The summed E-state index contributed by atoms with van der Waals surface area (Å²) in [7, 11) is 0. The van der Waals surface area contributed by atoms with Crippen molar-refractivity contribution in [1.29, 1.82) is 5.26 Å². The highest BCUT2D eigenvalue weighted by Gasteiger charge is 2.43. The second-order valence-corrected chi connectivity index (χ2v) is 11.6. The zero-order valence-corrected chi connectivity index (χ0v) is 25.1. The van der Waals surface area contributed by atoms with Gasteiger partial charge in [0.15, 0.2) is 0 Å². The van der Waals surface area contributed by atoms with E-state index in [0.717, 1.165) is 70.9 Å². The van der Waals surface area contributed by atoms with Gasteiger partial charge in [-0.15, -0.1) is 0 Å². The van der Waals surface area contributed by atoms with Crippen LogP contribution in [0.5, 0.6) is 0 Å². The molecule has 2 aliphatic rings. The van der Waals surface area contributed by atoms with E-state index in [2.05, 4.69) is 53.5 Å². The summed E-state index contributed by atoms with van der Waals surface area (Å²) in [5, 5.41) is 12.7. The zero-order chi connectivity index (χ0) is 28.3. The van der Waals surface area contributed by atoms with Crippen LogP contribution in [0.3, 0.4) is 0 Å². The molecule has 0 aromatic heterocycles. The minimum absolute atomic E-state index is 0.101. The van der Waals surface area contributed by atoms with Crippen molar-refractivity contribution in [3.05, 3.63) is 71.2 Å². The lowest BCUT2D eigenvalue weighted by Crippen LogP contribution is -2.53. The average Bonchev–Trinajstić information content (AvgIpc) is 2.96. The number of morpholine rings is 1. The first-order chi connectivity index (χ1) is 18.9. The Kier molecular flexibility index (Phi) is 12.3. The topological polar surface area (TPSA) is 51.5 Å². The van der Waals surface area contributed by atoms with Gasteiger partial charge in [-0.3, -0.25) is 4.90 Å². The molecule has 39 heavy (non-hydrogen) atoms. The molecule has 2 aliphatic heterocycles. The van der Waals surface area contributed by atoms with Crippen molar-refractivity contribution in [3.63, 3.8) is 0 Å². The summed E-state index contributed by atoms with van der Waals surface area (Å²) in [6.45, 7) is 17.5. The van der Waals surface area contributed by atoms with Crippen molar-refractivity contribution in [2.75, 3.05) is 51.3 Å². The van der Waals surface area contributed by atoms with Gasteiger partial charge in [-0.25, -0.2) is 8.70 Å². The van der Waals surface area contributed by atoms with Gasteiger partial charge in [-0.1, -0.05) is 33.3 Å². The number of nitrogens with zero attached hydrogens (tertiary/aromatic N) is 3. The molecule has 0 radical (unpaired) electrons. The molecular formula is C32H45FN4OS. The molecule has 2 atom stereocenters. The number of nitrogens with one attached hydrogen (secondary N) is 1. The van der Waals surface area contributed by atoms with Crippen molar-refractivity contribution >= 4 is 17.6 Å². The fraction of sp³-hybridized carbons (Fsp3) is 0.531. The van der Waals surface area contributed by atoms with Crippen LogP contribution < -0.4 is 5.32 Å². The summed E-state index contributed by atoms with van der Waals surface area (Å²) in [4.78, 5) is 3.76. The Morgan fingerprint density at radius 3 is 2.38 bits per heavy atom. The van der Waals surface area contributed by atoms with Crippen molar-refractivity contribution < 1.29 is 9.13 Å². The highest BCUT2D eigenvalue weighted by molar-refractivity contribution is 7.97. The third kappa shape index (κ3) is 8.81. The minimum atomic E-state index is -0.218. The monoisotopic (exact) mass is 552 g/mol. The first kappa shape index (κ1) is 31.2. The molecular weight excluding hydrogens is 507 g/mol. The Morgan fingerprint density at radius 2 is 1.77 bits per heavy atom. The zero-order valence-electron chi connectivity index (χ0n) is 24.3. The van der Waals surface area contributed by atoms with E-state index in [1.165, 1.54) is 28.3 Å². The number of allylic oxidation sites excluding steroid dienone is 2. The lowest BCUT2D eigenvalue weighted by molar-refractivity contribution is -0.0140. The Bertz CT molecular complexity index is 1090. The van der Waals surface area contributed by atoms with E-state index in [0.29, 0.717) is 11.5 Å². The van der Waals surface area contributed by atoms with Gasteiger partial charge in [0, 0.05) is 54.4 Å². The summed E-state index contributed by atoms with van der Waals surface area (Å²) < 4.78 is 21.6. The number of piperidine rings is 1. The van der Waals surface area contributed by atoms with Gasteiger partial charge in [-0.05, 0) is 92.6 Å². The van der Waals surface area contributed by atoms with Gasteiger partial charge in [0.1, 0.15) is 5.82 Å². The highest BCUT2D eigenvalue weighted by atomic mass is 32.2. The molecule has 2 heterocycles. The SMILES string of the molecule is CC.CC/C(Nc1ccc(F)cc1)=C(/C)CC1(CN2CCOCC2)CN(Sc2ccc(C#N)cc2)CCC1C. The predicted octanol–water partition coefficient (Wildman–Crippen LogP) is 7.58. The van der Waals surface area contributed by atoms with E-state index in [1.807, 2.05) is 37.9 Å². The molecule has 0 aliphatic carbocycles. The van der Waals surface area contributed by atoms with Gasteiger partial charge in [0.25, 0.3) is 0 Å². The average molecular weight is 553 g/mol. The van der Waals surface area contributed by atoms with Crippen molar-refractivity contribution in [2.45, 2.75) is 58.8 Å². The Balaban J connectivity index is 0.00000205. The maximum absolute atomic E-state index is 13.4. The lowest BCUT2D eigenvalue weighted by Gasteiger charge is -2.50. The minimum Gasteiger partial charge on any atom is -0.379 e. The molecule has 0 bridgehead atoms. The van der Waals surface area contributed by atoms with Crippen LogP contribution in [0.25, 0.3) is 0 Å². The standard InChI is InChI=1S/C30H39FN4OS.C2H6/c1-4-29(33-27-9-7-26(31)8-10-27)23(2)19-30(21-34-15-17-36-18-16-34)22-35(14-13-24(30)3)37-28-11-5-25(20-32)6-12-28;1-2/h5-12,24,33H,4,13-19,21-22H2,1-3H3;1-2H3/b29-23+;. The van der Waals surface area contributed by atoms with E-state index < -0.39 is 0 Å². The molecule has 4 rings (SSSR count). The molecule has 0 amide bonds. The molecule has 0 spiro atoms. The molecule has 2 fully saturated rings.